The van der Waals surface area contributed by atoms with Crippen molar-refractivity contribution >= 4 is 18.0 Å². The Morgan fingerprint density at radius 2 is 2.44 bits per heavy atom. The number of rotatable bonds is 4. The van der Waals surface area contributed by atoms with Crippen LogP contribution in [0.4, 0.5) is 0 Å². The predicted molar refractivity (Wildman–Crippen MR) is 63.2 cm³/mol. The lowest BCUT2D eigenvalue weighted by molar-refractivity contribution is -0.156. The van der Waals surface area contributed by atoms with E-state index in [1.807, 2.05) is 0 Å². The SMILES string of the molecule is COC(=O)CN1C(=O)[C@H](N)[C@@H]1C=Cc1ccco1. The second-order valence-corrected chi connectivity index (χ2v) is 3.93. The van der Waals surface area contributed by atoms with Crippen molar-refractivity contribution in [1.29, 1.82) is 0 Å². The fourth-order valence-corrected chi connectivity index (χ4v) is 1.79. The van der Waals surface area contributed by atoms with Gasteiger partial charge in [-0.05, 0) is 18.2 Å². The summed E-state index contributed by atoms with van der Waals surface area (Å²) in [5.41, 5.74) is 5.69. The first-order valence-corrected chi connectivity index (χ1v) is 5.48. The molecule has 1 saturated heterocycles. The summed E-state index contributed by atoms with van der Waals surface area (Å²) in [5.74, 6) is -0.0549. The molecule has 1 aromatic heterocycles. The van der Waals surface area contributed by atoms with E-state index >= 15 is 0 Å². The van der Waals surface area contributed by atoms with Crippen LogP contribution >= 0.6 is 0 Å². The number of nitrogens with zero attached hydrogens (tertiary/aromatic N) is 1. The van der Waals surface area contributed by atoms with Crippen molar-refractivity contribution in [3.63, 3.8) is 0 Å². The van der Waals surface area contributed by atoms with Crippen molar-refractivity contribution < 1.29 is 18.7 Å². The van der Waals surface area contributed by atoms with E-state index < -0.39 is 12.0 Å². The maximum Gasteiger partial charge on any atom is 0.325 e. The number of furan rings is 1. The Morgan fingerprint density at radius 3 is 3.06 bits per heavy atom. The lowest BCUT2D eigenvalue weighted by Gasteiger charge is -2.43. The molecule has 1 aliphatic rings. The van der Waals surface area contributed by atoms with E-state index in [1.165, 1.54) is 12.0 Å². The molecule has 18 heavy (non-hydrogen) atoms. The van der Waals surface area contributed by atoms with Gasteiger partial charge in [0.05, 0.1) is 19.4 Å². The molecule has 2 heterocycles. The third-order valence-electron chi connectivity index (χ3n) is 2.82. The third kappa shape index (κ3) is 2.28. The number of methoxy groups -OCH3 is 1. The number of amides is 1. The first-order chi connectivity index (χ1) is 8.63. The minimum Gasteiger partial charge on any atom is -0.468 e. The average molecular weight is 250 g/mol. The van der Waals surface area contributed by atoms with Gasteiger partial charge in [0.25, 0.3) is 0 Å². The summed E-state index contributed by atoms with van der Waals surface area (Å²) in [6.07, 6.45) is 5.02. The number of hydrogen-bond acceptors (Lipinski definition) is 5. The van der Waals surface area contributed by atoms with Gasteiger partial charge in [-0.1, -0.05) is 6.08 Å². The number of likely N-dealkylation sites (tertiary alicyclic amines) is 1. The Labute approximate surface area is 104 Å². The van der Waals surface area contributed by atoms with Gasteiger partial charge in [-0.2, -0.15) is 0 Å². The van der Waals surface area contributed by atoms with Crippen LogP contribution in [0.1, 0.15) is 5.76 Å². The summed E-state index contributed by atoms with van der Waals surface area (Å²) in [5, 5.41) is 0. The zero-order valence-corrected chi connectivity index (χ0v) is 9.91. The average Bonchev–Trinajstić information content (AvgIpc) is 2.89. The number of esters is 1. The molecule has 0 aliphatic carbocycles. The number of carbonyl (C=O) groups excluding carboxylic acids is 2. The standard InChI is InChI=1S/C12H14N2O4/c1-17-10(15)7-14-9(11(13)12(14)16)5-4-8-3-2-6-18-8/h2-6,9,11H,7,13H2,1H3/t9-,11+/m0/s1. The van der Waals surface area contributed by atoms with Gasteiger partial charge >= 0.3 is 5.97 Å². The number of hydrogen-bond donors (Lipinski definition) is 1. The number of carbonyl (C=O) groups is 2. The smallest absolute Gasteiger partial charge is 0.325 e. The van der Waals surface area contributed by atoms with E-state index in [0.717, 1.165) is 0 Å². The normalized spacial score (nSPS) is 23.2. The number of ether oxygens (including phenoxy) is 1. The van der Waals surface area contributed by atoms with Crippen molar-refractivity contribution in [3.05, 3.63) is 30.2 Å². The molecule has 0 spiro atoms. The van der Waals surface area contributed by atoms with Crippen LogP contribution in [-0.4, -0.2) is 42.5 Å². The molecule has 1 fully saturated rings. The van der Waals surface area contributed by atoms with Gasteiger partial charge in [0.15, 0.2) is 0 Å². The Kier molecular flexibility index (Phi) is 3.47. The van der Waals surface area contributed by atoms with Crippen LogP contribution in [0.5, 0.6) is 0 Å². The number of β-lactam (4-membered cyclic amide) rings is 1. The molecule has 1 amide bonds. The highest BCUT2D eigenvalue weighted by atomic mass is 16.5. The Morgan fingerprint density at radius 1 is 1.67 bits per heavy atom. The van der Waals surface area contributed by atoms with Crippen molar-refractivity contribution in [2.75, 3.05) is 13.7 Å². The second kappa shape index (κ2) is 5.05. The van der Waals surface area contributed by atoms with Crippen molar-refractivity contribution in [2.45, 2.75) is 12.1 Å². The Hall–Kier alpha value is -2.08. The van der Waals surface area contributed by atoms with Crippen molar-refractivity contribution in [3.8, 4) is 0 Å². The zero-order valence-electron chi connectivity index (χ0n) is 9.91. The van der Waals surface area contributed by atoms with Crippen LogP contribution in [0.25, 0.3) is 6.08 Å². The monoisotopic (exact) mass is 250 g/mol. The highest BCUT2D eigenvalue weighted by molar-refractivity contribution is 5.93. The van der Waals surface area contributed by atoms with Crippen LogP contribution in [0.3, 0.4) is 0 Å². The maximum atomic E-state index is 11.5. The first-order valence-electron chi connectivity index (χ1n) is 5.48. The molecule has 0 saturated carbocycles. The van der Waals surface area contributed by atoms with Crippen LogP contribution in [0.15, 0.2) is 28.9 Å². The van der Waals surface area contributed by atoms with Gasteiger partial charge in [-0.25, -0.2) is 0 Å². The molecule has 2 N–H and O–H groups in total. The molecule has 0 aromatic carbocycles. The molecule has 6 heteroatoms. The molecular weight excluding hydrogens is 236 g/mol. The summed E-state index contributed by atoms with van der Waals surface area (Å²) in [4.78, 5) is 24.0. The van der Waals surface area contributed by atoms with Crippen LogP contribution in [0.2, 0.25) is 0 Å². The van der Waals surface area contributed by atoms with Crippen molar-refractivity contribution in [2.24, 2.45) is 5.73 Å². The van der Waals surface area contributed by atoms with Crippen molar-refractivity contribution in [1.82, 2.24) is 4.90 Å². The minimum atomic E-state index is -0.610. The lowest BCUT2D eigenvalue weighted by atomic mass is 9.95. The predicted octanol–water partition coefficient (Wildman–Crippen LogP) is 0.00390. The highest BCUT2D eigenvalue weighted by Crippen LogP contribution is 2.20. The molecule has 2 rings (SSSR count). The summed E-state index contributed by atoms with van der Waals surface area (Å²) in [6.45, 7) is -0.0871. The first kappa shape index (κ1) is 12.4. The number of nitrogens with two attached hydrogens (primary N) is 1. The molecule has 1 aliphatic heterocycles. The van der Waals surface area contributed by atoms with Gasteiger partial charge in [0, 0.05) is 0 Å². The molecule has 0 radical (unpaired) electrons. The minimum absolute atomic E-state index is 0.0871. The second-order valence-electron chi connectivity index (χ2n) is 3.93. The van der Waals surface area contributed by atoms with Gasteiger partial charge < -0.3 is 19.8 Å². The summed E-state index contributed by atoms with van der Waals surface area (Å²) < 4.78 is 9.65. The van der Waals surface area contributed by atoms with Crippen LogP contribution < -0.4 is 5.73 Å². The lowest BCUT2D eigenvalue weighted by Crippen LogP contribution is -2.68. The van der Waals surface area contributed by atoms with E-state index in [0.29, 0.717) is 5.76 Å². The van der Waals surface area contributed by atoms with Crippen LogP contribution in [0, 0.1) is 0 Å². The van der Waals surface area contributed by atoms with Gasteiger partial charge in [-0.15, -0.1) is 0 Å². The quantitative estimate of drug-likeness (QED) is 0.600. The van der Waals surface area contributed by atoms with E-state index in [9.17, 15) is 9.59 Å². The van der Waals surface area contributed by atoms with E-state index in [1.54, 1.807) is 30.5 Å². The maximum absolute atomic E-state index is 11.5. The van der Waals surface area contributed by atoms with Gasteiger partial charge in [-0.3, -0.25) is 9.59 Å². The van der Waals surface area contributed by atoms with Gasteiger partial charge in [0.1, 0.15) is 18.3 Å². The largest absolute Gasteiger partial charge is 0.468 e. The molecule has 6 nitrogen and oxygen atoms in total. The summed E-state index contributed by atoms with van der Waals surface area (Å²) >= 11 is 0. The zero-order chi connectivity index (χ0) is 13.1. The van der Waals surface area contributed by atoms with E-state index in [2.05, 4.69) is 4.74 Å². The molecule has 96 valence electrons. The molecule has 1 aromatic rings. The van der Waals surface area contributed by atoms with E-state index in [4.69, 9.17) is 10.2 Å². The fourth-order valence-electron chi connectivity index (χ4n) is 1.79. The molecular formula is C12H14N2O4. The highest BCUT2D eigenvalue weighted by Gasteiger charge is 2.44. The summed E-state index contributed by atoms with van der Waals surface area (Å²) in [6, 6.07) is 2.63. The van der Waals surface area contributed by atoms with E-state index in [-0.39, 0.29) is 18.5 Å². The molecule has 0 bridgehead atoms. The van der Waals surface area contributed by atoms with Gasteiger partial charge in [0.2, 0.25) is 5.91 Å². The van der Waals surface area contributed by atoms with Crippen LogP contribution in [-0.2, 0) is 14.3 Å². The Balaban J connectivity index is 2.02. The molecule has 2 atom stereocenters. The fraction of sp³-hybridized carbons (Fsp3) is 0.333. The third-order valence-corrected chi connectivity index (χ3v) is 2.82. The molecule has 0 unspecified atom stereocenters. The Bertz CT molecular complexity index is 466. The topological polar surface area (TPSA) is 85.8 Å². The summed E-state index contributed by atoms with van der Waals surface area (Å²) in [7, 11) is 1.28.